The van der Waals surface area contributed by atoms with Gasteiger partial charge in [-0.15, -0.1) is 0 Å². The van der Waals surface area contributed by atoms with Crippen LogP contribution in [0.3, 0.4) is 0 Å². The topological polar surface area (TPSA) is 86.8 Å². The van der Waals surface area contributed by atoms with E-state index in [1.807, 2.05) is 71.0 Å². The van der Waals surface area contributed by atoms with E-state index in [0.717, 1.165) is 21.0 Å². The Morgan fingerprint density at radius 3 is 2.11 bits per heavy atom. The molecule has 2 amide bonds. The highest BCUT2D eigenvalue weighted by atomic mass is 32.2. The number of hydrogen-bond donors (Lipinski definition) is 1. The number of nitrogens with zero attached hydrogens (tertiary/aromatic N) is 2. The Morgan fingerprint density at radius 1 is 0.868 bits per heavy atom. The monoisotopic (exact) mass is 535 g/mol. The van der Waals surface area contributed by atoms with Crippen molar-refractivity contribution in [3.05, 3.63) is 95.6 Å². The quantitative estimate of drug-likeness (QED) is 0.381. The van der Waals surface area contributed by atoms with Gasteiger partial charge in [0.15, 0.2) is 0 Å². The fourth-order valence-electron chi connectivity index (χ4n) is 4.27. The van der Waals surface area contributed by atoms with Crippen molar-refractivity contribution in [3.63, 3.8) is 0 Å². The van der Waals surface area contributed by atoms with Crippen LogP contribution < -0.4 is 9.62 Å². The summed E-state index contributed by atoms with van der Waals surface area (Å²) in [5.41, 5.74) is 3.24. The number of anilines is 1. The third-order valence-corrected chi connectivity index (χ3v) is 7.97. The van der Waals surface area contributed by atoms with Gasteiger partial charge in [0.25, 0.3) is 10.0 Å². The number of aryl methyl sites for hydroxylation is 2. The largest absolute Gasteiger partial charge is 0.352 e. The van der Waals surface area contributed by atoms with Crippen LogP contribution in [-0.4, -0.2) is 43.8 Å². The van der Waals surface area contributed by atoms with Gasteiger partial charge in [0.2, 0.25) is 11.8 Å². The highest BCUT2D eigenvalue weighted by Crippen LogP contribution is 2.25. The number of amides is 2. The molecule has 0 aliphatic carbocycles. The van der Waals surface area contributed by atoms with Gasteiger partial charge >= 0.3 is 0 Å². The second kappa shape index (κ2) is 12.7. The van der Waals surface area contributed by atoms with Crippen LogP contribution in [0.25, 0.3) is 0 Å². The molecule has 8 heteroatoms. The summed E-state index contributed by atoms with van der Waals surface area (Å²) in [6, 6.07) is 21.9. The van der Waals surface area contributed by atoms with Gasteiger partial charge < -0.3 is 10.2 Å². The maximum absolute atomic E-state index is 14.0. The van der Waals surface area contributed by atoms with Crippen molar-refractivity contribution in [2.24, 2.45) is 0 Å². The molecule has 1 unspecified atom stereocenters. The number of nitrogens with one attached hydrogen (secondary N) is 1. The van der Waals surface area contributed by atoms with Gasteiger partial charge in [-0.1, -0.05) is 72.6 Å². The summed E-state index contributed by atoms with van der Waals surface area (Å²) in [5.74, 6) is -0.728. The minimum Gasteiger partial charge on any atom is -0.352 e. The lowest BCUT2D eigenvalue weighted by Gasteiger charge is -2.33. The lowest BCUT2D eigenvalue weighted by Crippen LogP contribution is -2.53. The Balaban J connectivity index is 2.05. The molecule has 0 aliphatic heterocycles. The van der Waals surface area contributed by atoms with Gasteiger partial charge in [-0.3, -0.25) is 13.9 Å². The predicted octanol–water partition coefficient (Wildman–Crippen LogP) is 4.83. The molecule has 0 aromatic heterocycles. The molecule has 0 saturated carbocycles. The fourth-order valence-corrected chi connectivity index (χ4v) is 5.70. The molecule has 0 aliphatic rings. The first-order valence-electron chi connectivity index (χ1n) is 12.8. The van der Waals surface area contributed by atoms with E-state index in [-0.39, 0.29) is 23.4 Å². The molecular formula is C30H37N3O4S. The molecule has 0 radical (unpaired) electrons. The minimum absolute atomic E-state index is 0.0863. The zero-order valence-electron chi connectivity index (χ0n) is 22.7. The van der Waals surface area contributed by atoms with Crippen molar-refractivity contribution in [1.82, 2.24) is 10.2 Å². The Kier molecular flexibility index (Phi) is 9.69. The highest BCUT2D eigenvalue weighted by molar-refractivity contribution is 7.92. The van der Waals surface area contributed by atoms with E-state index in [1.54, 1.807) is 30.3 Å². The van der Waals surface area contributed by atoms with Crippen molar-refractivity contribution in [2.75, 3.05) is 10.8 Å². The van der Waals surface area contributed by atoms with Crippen molar-refractivity contribution in [3.8, 4) is 0 Å². The Hall–Kier alpha value is -3.65. The molecule has 1 N–H and O–H groups in total. The van der Waals surface area contributed by atoms with Crippen molar-refractivity contribution in [2.45, 2.75) is 64.6 Å². The van der Waals surface area contributed by atoms with Crippen LogP contribution in [0, 0.1) is 13.8 Å². The van der Waals surface area contributed by atoms with Crippen LogP contribution >= 0.6 is 0 Å². The summed E-state index contributed by atoms with van der Waals surface area (Å²) >= 11 is 0. The summed E-state index contributed by atoms with van der Waals surface area (Å²) in [6.07, 6.45) is 0.381. The number of benzene rings is 3. The first-order chi connectivity index (χ1) is 18.0. The van der Waals surface area contributed by atoms with Gasteiger partial charge in [-0.2, -0.15) is 0 Å². The third-order valence-electron chi connectivity index (χ3n) is 6.18. The molecule has 38 heavy (non-hydrogen) atoms. The smallest absolute Gasteiger partial charge is 0.264 e. The molecule has 202 valence electrons. The average Bonchev–Trinajstić information content (AvgIpc) is 2.87. The molecular weight excluding hydrogens is 498 g/mol. The summed E-state index contributed by atoms with van der Waals surface area (Å²) in [4.78, 5) is 28.7. The van der Waals surface area contributed by atoms with Crippen LogP contribution in [0.4, 0.5) is 5.69 Å². The second-order valence-electron chi connectivity index (χ2n) is 9.76. The first kappa shape index (κ1) is 28.9. The van der Waals surface area contributed by atoms with Crippen molar-refractivity contribution in [1.29, 1.82) is 0 Å². The van der Waals surface area contributed by atoms with Crippen LogP contribution in [0.5, 0.6) is 0 Å². The summed E-state index contributed by atoms with van der Waals surface area (Å²) < 4.78 is 28.7. The normalized spacial score (nSPS) is 12.2. The van der Waals surface area contributed by atoms with E-state index in [2.05, 4.69) is 5.32 Å². The molecule has 3 aromatic carbocycles. The standard InChI is InChI=1S/C30H37N3O4S/c1-6-28(30(35)31-22(2)3)32(20-25-12-10-11-24(5)19-25)29(34)21-33(26-17-15-23(4)16-18-26)38(36,37)27-13-8-7-9-14-27/h7-19,22,28H,6,20-21H2,1-5H3,(H,31,35). The molecule has 7 nitrogen and oxygen atoms in total. The zero-order chi connectivity index (χ0) is 27.9. The van der Waals surface area contributed by atoms with Gasteiger partial charge in [0.1, 0.15) is 12.6 Å². The van der Waals surface area contributed by atoms with E-state index in [9.17, 15) is 18.0 Å². The molecule has 0 saturated heterocycles. The average molecular weight is 536 g/mol. The molecule has 0 fully saturated rings. The first-order valence-corrected chi connectivity index (χ1v) is 14.3. The number of rotatable bonds is 11. The Bertz CT molecular complexity index is 1340. The zero-order valence-corrected chi connectivity index (χ0v) is 23.5. The summed E-state index contributed by atoms with van der Waals surface area (Å²) in [7, 11) is -4.06. The third kappa shape index (κ3) is 7.22. The summed E-state index contributed by atoms with van der Waals surface area (Å²) in [5, 5.41) is 2.91. The molecule has 3 rings (SSSR count). The van der Waals surface area contributed by atoms with Gasteiger partial charge in [-0.25, -0.2) is 8.42 Å². The molecule has 0 bridgehead atoms. The van der Waals surface area contributed by atoms with E-state index in [1.165, 1.54) is 17.0 Å². The summed E-state index contributed by atoms with van der Waals surface area (Å²) in [6.45, 7) is 9.18. The highest BCUT2D eigenvalue weighted by Gasteiger charge is 2.33. The molecule has 0 spiro atoms. The fraction of sp³-hybridized carbons (Fsp3) is 0.333. The maximum Gasteiger partial charge on any atom is 0.264 e. The molecule has 3 aromatic rings. The number of hydrogen-bond acceptors (Lipinski definition) is 4. The number of carbonyl (C=O) groups is 2. The van der Waals surface area contributed by atoms with Crippen LogP contribution in [0.15, 0.2) is 83.8 Å². The van der Waals surface area contributed by atoms with Gasteiger partial charge in [-0.05, 0) is 63.9 Å². The SMILES string of the molecule is CCC(C(=O)NC(C)C)N(Cc1cccc(C)c1)C(=O)CN(c1ccc(C)cc1)S(=O)(=O)c1ccccc1. The van der Waals surface area contributed by atoms with Crippen LogP contribution in [0.2, 0.25) is 0 Å². The maximum atomic E-state index is 14.0. The number of sulfonamides is 1. The van der Waals surface area contributed by atoms with E-state index in [0.29, 0.717) is 12.1 Å². The van der Waals surface area contributed by atoms with Crippen LogP contribution in [0.1, 0.15) is 43.9 Å². The molecule has 1 atom stereocenters. The number of carbonyl (C=O) groups excluding carboxylic acids is 2. The lowest BCUT2D eigenvalue weighted by molar-refractivity contribution is -0.140. The Morgan fingerprint density at radius 2 is 1.53 bits per heavy atom. The van der Waals surface area contributed by atoms with Crippen molar-refractivity contribution >= 4 is 27.5 Å². The van der Waals surface area contributed by atoms with Crippen LogP contribution in [-0.2, 0) is 26.2 Å². The van der Waals surface area contributed by atoms with E-state index < -0.39 is 28.5 Å². The van der Waals surface area contributed by atoms with Gasteiger partial charge in [0, 0.05) is 12.6 Å². The van der Waals surface area contributed by atoms with Gasteiger partial charge in [0.05, 0.1) is 10.6 Å². The van der Waals surface area contributed by atoms with Crippen molar-refractivity contribution < 1.29 is 18.0 Å². The van der Waals surface area contributed by atoms with E-state index in [4.69, 9.17) is 0 Å². The lowest BCUT2D eigenvalue weighted by atomic mass is 10.1. The second-order valence-corrected chi connectivity index (χ2v) is 11.6. The predicted molar refractivity (Wildman–Crippen MR) is 151 cm³/mol. The Labute approximate surface area is 226 Å². The molecule has 0 heterocycles. The minimum atomic E-state index is -4.06. The van der Waals surface area contributed by atoms with E-state index >= 15 is 0 Å².